The third-order valence-electron chi connectivity index (χ3n) is 11.1. The van der Waals surface area contributed by atoms with E-state index in [9.17, 15) is 15.0 Å². The molecule has 1 unspecified atom stereocenters. The fraction of sp³-hybridized carbons (Fsp3) is 0.893. The first-order chi connectivity index (χ1) is 15.8. The van der Waals surface area contributed by atoms with Gasteiger partial charge in [0.15, 0.2) is 0 Å². The summed E-state index contributed by atoms with van der Waals surface area (Å²) < 4.78 is 0. The Kier molecular flexibility index (Phi) is 6.46. The Hall–Kier alpha value is -0.910. The van der Waals surface area contributed by atoms with Gasteiger partial charge in [0.25, 0.3) is 0 Å². The third kappa shape index (κ3) is 4.00. The Morgan fingerprint density at radius 3 is 2.76 bits per heavy atom. The lowest BCUT2D eigenvalue weighted by Gasteiger charge is -2.58. The zero-order valence-corrected chi connectivity index (χ0v) is 21.0. The van der Waals surface area contributed by atoms with Crippen LogP contribution in [0.2, 0.25) is 0 Å². The highest BCUT2D eigenvalue weighted by molar-refractivity contribution is 5.75. The van der Waals surface area contributed by atoms with Crippen LogP contribution in [0.25, 0.3) is 0 Å². The van der Waals surface area contributed by atoms with Crippen molar-refractivity contribution in [1.29, 1.82) is 0 Å². The maximum atomic E-state index is 12.7. The van der Waals surface area contributed by atoms with E-state index in [-0.39, 0.29) is 24.7 Å². The van der Waals surface area contributed by atoms with Crippen molar-refractivity contribution in [3.8, 4) is 0 Å². The van der Waals surface area contributed by atoms with Gasteiger partial charge in [0.1, 0.15) is 6.10 Å². The van der Waals surface area contributed by atoms with Gasteiger partial charge in [0.05, 0.1) is 19.3 Å². The first kappa shape index (κ1) is 23.8. The summed E-state index contributed by atoms with van der Waals surface area (Å²) >= 11 is 0. The molecule has 1 saturated heterocycles. The van der Waals surface area contributed by atoms with Gasteiger partial charge in [-0.15, -0.1) is 0 Å². The first-order valence-electron chi connectivity index (χ1n) is 13.7. The van der Waals surface area contributed by atoms with Crippen molar-refractivity contribution in [2.24, 2.45) is 40.4 Å². The highest BCUT2D eigenvalue weighted by atomic mass is 16.7. The summed E-state index contributed by atoms with van der Waals surface area (Å²) in [5.74, 6) is 3.70. The van der Waals surface area contributed by atoms with Crippen molar-refractivity contribution in [2.45, 2.75) is 104 Å². The SMILES string of the molecule is CC(CCC(=O)N1CC[C@@H](CO)O1)[C@H]1CC[C@H]2[C@@H]3CC=C4C[C@@H](O)CC[C@]4(C)[C@H]3CC[C@]12C. The molecule has 5 rings (SSSR count). The van der Waals surface area contributed by atoms with Crippen molar-refractivity contribution in [1.82, 2.24) is 5.06 Å². The van der Waals surface area contributed by atoms with Gasteiger partial charge in [0.2, 0.25) is 5.91 Å². The number of hydrogen-bond acceptors (Lipinski definition) is 4. The average molecular weight is 460 g/mol. The molecule has 2 N–H and O–H groups in total. The summed E-state index contributed by atoms with van der Waals surface area (Å²) in [6.45, 7) is 8.05. The summed E-state index contributed by atoms with van der Waals surface area (Å²) in [7, 11) is 0. The highest BCUT2D eigenvalue weighted by Gasteiger charge is 2.59. The number of carbonyl (C=O) groups is 1. The second-order valence-corrected chi connectivity index (χ2v) is 12.6. The number of hydrogen-bond donors (Lipinski definition) is 2. The largest absolute Gasteiger partial charge is 0.394 e. The zero-order chi connectivity index (χ0) is 23.4. The maximum absolute atomic E-state index is 12.7. The van der Waals surface area contributed by atoms with Crippen molar-refractivity contribution in [3.05, 3.63) is 11.6 Å². The minimum atomic E-state index is -0.213. The summed E-state index contributed by atoms with van der Waals surface area (Å²) in [6.07, 6.45) is 13.9. The van der Waals surface area contributed by atoms with Crippen LogP contribution >= 0.6 is 0 Å². The summed E-state index contributed by atoms with van der Waals surface area (Å²) in [4.78, 5) is 18.2. The van der Waals surface area contributed by atoms with E-state index in [4.69, 9.17) is 4.84 Å². The molecule has 0 spiro atoms. The lowest BCUT2D eigenvalue weighted by molar-refractivity contribution is -0.183. The molecule has 0 aromatic carbocycles. The van der Waals surface area contributed by atoms with Crippen LogP contribution < -0.4 is 0 Å². The quantitative estimate of drug-likeness (QED) is 0.576. The van der Waals surface area contributed by atoms with E-state index in [0.29, 0.717) is 35.6 Å². The molecule has 0 aromatic rings. The summed E-state index contributed by atoms with van der Waals surface area (Å²) in [6, 6.07) is 0. The molecule has 5 nitrogen and oxygen atoms in total. The van der Waals surface area contributed by atoms with Gasteiger partial charge < -0.3 is 10.2 Å². The number of aliphatic hydroxyl groups excluding tert-OH is 2. The summed E-state index contributed by atoms with van der Waals surface area (Å²) in [5.41, 5.74) is 2.26. The molecule has 0 radical (unpaired) electrons. The van der Waals surface area contributed by atoms with Crippen LogP contribution in [0.4, 0.5) is 0 Å². The highest BCUT2D eigenvalue weighted by Crippen LogP contribution is 2.67. The van der Waals surface area contributed by atoms with Crippen molar-refractivity contribution < 1.29 is 19.8 Å². The van der Waals surface area contributed by atoms with Crippen LogP contribution in [-0.4, -0.2) is 46.5 Å². The number of amides is 1. The molecule has 5 aliphatic rings. The second-order valence-electron chi connectivity index (χ2n) is 12.6. The van der Waals surface area contributed by atoms with E-state index in [0.717, 1.165) is 49.9 Å². The summed E-state index contributed by atoms with van der Waals surface area (Å²) in [5, 5.41) is 21.0. The standard InChI is InChI=1S/C28H45NO4/c1-18(4-9-26(32)29-15-12-21(17-30)33-29)23-7-8-24-22-6-5-19-16-20(31)10-13-27(19,2)25(22)11-14-28(23,24)3/h5,18,20-25,30-31H,4,6-17H2,1-3H3/t18?,20-,21-,22-,23+,24-,25-,27-,28+/m0/s1. The van der Waals surface area contributed by atoms with Crippen LogP contribution in [0.3, 0.4) is 0 Å². The predicted molar refractivity (Wildman–Crippen MR) is 128 cm³/mol. The lowest BCUT2D eigenvalue weighted by atomic mass is 9.47. The average Bonchev–Trinajstić information content (AvgIpc) is 3.42. The molecule has 0 bridgehead atoms. The fourth-order valence-electron chi connectivity index (χ4n) is 9.15. The van der Waals surface area contributed by atoms with E-state index in [1.165, 1.54) is 37.2 Å². The molecule has 3 saturated carbocycles. The van der Waals surface area contributed by atoms with Gasteiger partial charge in [-0.05, 0) is 105 Å². The fourth-order valence-corrected chi connectivity index (χ4v) is 9.15. The number of hydroxylamine groups is 2. The minimum Gasteiger partial charge on any atom is -0.394 e. The van der Waals surface area contributed by atoms with E-state index < -0.39 is 0 Å². The zero-order valence-electron chi connectivity index (χ0n) is 21.0. The third-order valence-corrected chi connectivity index (χ3v) is 11.1. The predicted octanol–water partition coefficient (Wildman–Crippen LogP) is 4.87. The molecule has 1 aliphatic heterocycles. The van der Waals surface area contributed by atoms with E-state index in [2.05, 4.69) is 26.8 Å². The van der Waals surface area contributed by atoms with Crippen LogP contribution in [0.15, 0.2) is 11.6 Å². The Morgan fingerprint density at radius 1 is 1.18 bits per heavy atom. The number of carbonyl (C=O) groups excluding carboxylic acids is 1. The molecule has 1 amide bonds. The van der Waals surface area contributed by atoms with Crippen LogP contribution in [-0.2, 0) is 9.63 Å². The molecule has 186 valence electrons. The van der Waals surface area contributed by atoms with E-state index >= 15 is 0 Å². The Labute approximate surface area is 199 Å². The van der Waals surface area contributed by atoms with Gasteiger partial charge in [-0.3, -0.25) is 9.63 Å². The van der Waals surface area contributed by atoms with Gasteiger partial charge in [-0.25, -0.2) is 5.06 Å². The Balaban J connectivity index is 1.23. The van der Waals surface area contributed by atoms with Gasteiger partial charge >= 0.3 is 0 Å². The molecule has 1 heterocycles. The molecule has 33 heavy (non-hydrogen) atoms. The number of nitrogens with zero attached hydrogens (tertiary/aromatic N) is 1. The molecule has 0 aromatic heterocycles. The molecule has 9 atom stereocenters. The number of rotatable bonds is 5. The number of fused-ring (bicyclic) bond motifs is 5. The monoisotopic (exact) mass is 459 g/mol. The smallest absolute Gasteiger partial charge is 0.246 e. The van der Waals surface area contributed by atoms with Crippen molar-refractivity contribution in [3.63, 3.8) is 0 Å². The Morgan fingerprint density at radius 2 is 2.00 bits per heavy atom. The van der Waals surface area contributed by atoms with Crippen LogP contribution in [0.5, 0.6) is 0 Å². The lowest BCUT2D eigenvalue weighted by Crippen LogP contribution is -2.50. The molecule has 4 aliphatic carbocycles. The molecular weight excluding hydrogens is 414 g/mol. The number of aliphatic hydroxyl groups is 2. The minimum absolute atomic E-state index is 0.0134. The Bertz CT molecular complexity index is 782. The first-order valence-corrected chi connectivity index (χ1v) is 13.7. The molecule has 5 heteroatoms. The van der Waals surface area contributed by atoms with Crippen molar-refractivity contribution >= 4 is 5.91 Å². The van der Waals surface area contributed by atoms with E-state index in [1.54, 1.807) is 5.57 Å². The normalized spacial score (nSPS) is 45.7. The molecule has 4 fully saturated rings. The van der Waals surface area contributed by atoms with E-state index in [1.807, 2.05) is 0 Å². The van der Waals surface area contributed by atoms with Gasteiger partial charge in [-0.1, -0.05) is 32.4 Å². The van der Waals surface area contributed by atoms with Crippen LogP contribution in [0.1, 0.15) is 91.4 Å². The second kappa shape index (κ2) is 8.95. The number of allylic oxidation sites excluding steroid dienone is 1. The van der Waals surface area contributed by atoms with Crippen LogP contribution in [0, 0.1) is 40.4 Å². The molecular formula is C28H45NO4. The maximum Gasteiger partial charge on any atom is 0.246 e. The van der Waals surface area contributed by atoms with Crippen molar-refractivity contribution in [2.75, 3.05) is 13.2 Å². The van der Waals surface area contributed by atoms with Gasteiger partial charge in [0, 0.05) is 6.42 Å². The topological polar surface area (TPSA) is 70.0 Å². The van der Waals surface area contributed by atoms with Gasteiger partial charge in [-0.2, -0.15) is 0 Å².